The number of nitrogens with zero attached hydrogens (tertiary/aromatic N) is 1. The molecule has 1 fully saturated rings. The second kappa shape index (κ2) is 5.94. The molecular formula is C13H17F3N2O2S. The second-order valence-electron chi connectivity index (χ2n) is 5.12. The molecule has 0 aliphatic carbocycles. The van der Waals surface area contributed by atoms with Crippen molar-refractivity contribution in [3.05, 3.63) is 35.4 Å². The second-order valence-corrected chi connectivity index (χ2v) is 7.15. The van der Waals surface area contributed by atoms with Crippen LogP contribution in [0.1, 0.15) is 17.5 Å². The number of nitrogens with one attached hydrogen (secondary N) is 1. The minimum Gasteiger partial charge on any atom is -0.315 e. The summed E-state index contributed by atoms with van der Waals surface area (Å²) in [6.07, 6.45) is -3.76. The number of benzene rings is 1. The van der Waals surface area contributed by atoms with Gasteiger partial charge in [0, 0.05) is 19.6 Å². The molecule has 1 saturated heterocycles. The maximum Gasteiger partial charge on any atom is 0.416 e. The molecule has 1 aromatic rings. The summed E-state index contributed by atoms with van der Waals surface area (Å²) in [7, 11) is -2.16. The Balaban J connectivity index is 2.16. The Morgan fingerprint density at radius 2 is 2.10 bits per heavy atom. The zero-order chi connectivity index (χ0) is 15.7. The Kier molecular flexibility index (Phi) is 4.60. The first kappa shape index (κ1) is 16.3. The fourth-order valence-electron chi connectivity index (χ4n) is 2.33. The lowest BCUT2D eigenvalue weighted by molar-refractivity contribution is -0.137. The normalized spacial score (nSPS) is 20.1. The lowest BCUT2D eigenvalue weighted by atomic mass is 10.1. The van der Waals surface area contributed by atoms with Crippen LogP contribution in [0, 0.1) is 0 Å². The van der Waals surface area contributed by atoms with Gasteiger partial charge in [-0.3, -0.25) is 0 Å². The topological polar surface area (TPSA) is 49.4 Å². The minimum atomic E-state index is -4.47. The van der Waals surface area contributed by atoms with Crippen molar-refractivity contribution in [2.75, 3.05) is 20.1 Å². The molecule has 0 radical (unpaired) electrons. The Labute approximate surface area is 122 Å². The quantitative estimate of drug-likeness (QED) is 0.920. The number of hydrogen-bond acceptors (Lipinski definition) is 3. The van der Waals surface area contributed by atoms with E-state index in [-0.39, 0.29) is 11.6 Å². The minimum absolute atomic E-state index is 0.138. The maximum absolute atomic E-state index is 12.6. The van der Waals surface area contributed by atoms with Crippen LogP contribution in [0.5, 0.6) is 0 Å². The number of sulfonamides is 1. The van der Waals surface area contributed by atoms with Crippen molar-refractivity contribution in [2.45, 2.75) is 24.4 Å². The lowest BCUT2D eigenvalue weighted by Gasteiger charge is -2.23. The predicted molar refractivity (Wildman–Crippen MR) is 73.1 cm³/mol. The Morgan fingerprint density at radius 1 is 1.38 bits per heavy atom. The van der Waals surface area contributed by atoms with Crippen molar-refractivity contribution in [2.24, 2.45) is 0 Å². The third kappa shape index (κ3) is 3.96. The third-order valence-electron chi connectivity index (χ3n) is 3.59. The fraction of sp³-hybridized carbons (Fsp3) is 0.538. The predicted octanol–water partition coefficient (Wildman–Crippen LogP) is 1.83. The first-order valence-electron chi connectivity index (χ1n) is 6.53. The van der Waals surface area contributed by atoms with Gasteiger partial charge in [0.25, 0.3) is 0 Å². The molecule has 21 heavy (non-hydrogen) atoms. The SMILES string of the molecule is CN(C1CCNC1)S(=O)(=O)Cc1cccc(C(F)(F)F)c1. The molecule has 118 valence electrons. The summed E-state index contributed by atoms with van der Waals surface area (Å²) < 4.78 is 63.7. The summed E-state index contributed by atoms with van der Waals surface area (Å²) in [5.41, 5.74) is -0.692. The first-order valence-corrected chi connectivity index (χ1v) is 8.13. The van der Waals surface area contributed by atoms with Gasteiger partial charge in [-0.1, -0.05) is 18.2 Å². The van der Waals surface area contributed by atoms with Gasteiger partial charge in [0.05, 0.1) is 11.3 Å². The average molecular weight is 322 g/mol. The van der Waals surface area contributed by atoms with Crippen LogP contribution in [-0.2, 0) is 22.0 Å². The molecule has 1 heterocycles. The van der Waals surface area contributed by atoms with Crippen molar-refractivity contribution >= 4 is 10.0 Å². The first-order chi connectivity index (χ1) is 9.70. The highest BCUT2D eigenvalue weighted by Crippen LogP contribution is 2.30. The molecule has 0 bridgehead atoms. The smallest absolute Gasteiger partial charge is 0.315 e. The maximum atomic E-state index is 12.6. The molecule has 1 aliphatic heterocycles. The van der Waals surface area contributed by atoms with Crippen LogP contribution in [0.4, 0.5) is 13.2 Å². The molecule has 1 atom stereocenters. The molecule has 8 heteroatoms. The highest BCUT2D eigenvalue weighted by molar-refractivity contribution is 7.88. The summed E-state index contributed by atoms with van der Waals surface area (Å²) >= 11 is 0. The number of alkyl halides is 3. The monoisotopic (exact) mass is 322 g/mol. The van der Waals surface area contributed by atoms with Gasteiger partial charge < -0.3 is 5.32 Å². The summed E-state index contributed by atoms with van der Waals surface area (Å²) in [6, 6.07) is 4.30. The van der Waals surface area contributed by atoms with Gasteiger partial charge in [-0.05, 0) is 24.6 Å². The van der Waals surface area contributed by atoms with E-state index in [0.29, 0.717) is 13.0 Å². The van der Waals surface area contributed by atoms with Crippen LogP contribution in [0.25, 0.3) is 0 Å². The van der Waals surface area contributed by atoms with E-state index in [1.807, 2.05) is 0 Å². The number of likely N-dealkylation sites (N-methyl/N-ethyl adjacent to an activating group) is 1. The molecule has 1 unspecified atom stereocenters. The molecule has 1 N–H and O–H groups in total. The van der Waals surface area contributed by atoms with Crippen molar-refractivity contribution < 1.29 is 21.6 Å². The molecule has 2 rings (SSSR count). The molecule has 0 amide bonds. The summed E-state index contributed by atoms with van der Waals surface area (Å²) in [5, 5.41) is 3.06. The fourth-order valence-corrected chi connectivity index (χ4v) is 3.77. The highest BCUT2D eigenvalue weighted by atomic mass is 32.2. The van der Waals surface area contributed by atoms with Crippen LogP contribution in [0.3, 0.4) is 0 Å². The van der Waals surface area contributed by atoms with E-state index in [9.17, 15) is 21.6 Å². The van der Waals surface area contributed by atoms with Gasteiger partial charge in [-0.2, -0.15) is 13.2 Å². The summed E-state index contributed by atoms with van der Waals surface area (Å²) in [5.74, 6) is -0.427. The van der Waals surface area contributed by atoms with Crippen LogP contribution in [0.2, 0.25) is 0 Å². The van der Waals surface area contributed by atoms with Crippen molar-refractivity contribution in [3.63, 3.8) is 0 Å². The summed E-state index contributed by atoms with van der Waals surface area (Å²) in [6.45, 7) is 1.31. The van der Waals surface area contributed by atoms with Crippen LogP contribution in [-0.4, -0.2) is 38.9 Å². The molecular weight excluding hydrogens is 305 g/mol. The molecule has 4 nitrogen and oxygen atoms in total. The van der Waals surface area contributed by atoms with Gasteiger partial charge in [0.2, 0.25) is 10.0 Å². The van der Waals surface area contributed by atoms with E-state index >= 15 is 0 Å². The zero-order valence-corrected chi connectivity index (χ0v) is 12.3. The molecule has 0 aromatic heterocycles. The number of hydrogen-bond donors (Lipinski definition) is 1. The van der Waals surface area contributed by atoms with Crippen molar-refractivity contribution in [3.8, 4) is 0 Å². The van der Waals surface area contributed by atoms with E-state index in [1.165, 1.54) is 23.5 Å². The zero-order valence-electron chi connectivity index (χ0n) is 11.5. The standard InChI is InChI=1S/C13H17F3N2O2S/c1-18(12-5-6-17-8-12)21(19,20)9-10-3-2-4-11(7-10)13(14,15)16/h2-4,7,12,17H,5-6,8-9H2,1H3. The van der Waals surface area contributed by atoms with Crippen LogP contribution >= 0.6 is 0 Å². The van der Waals surface area contributed by atoms with Gasteiger partial charge in [-0.25, -0.2) is 12.7 Å². The Morgan fingerprint density at radius 3 is 2.67 bits per heavy atom. The van der Waals surface area contributed by atoms with E-state index in [1.54, 1.807) is 0 Å². The van der Waals surface area contributed by atoms with Crippen molar-refractivity contribution in [1.82, 2.24) is 9.62 Å². The van der Waals surface area contributed by atoms with E-state index < -0.39 is 27.5 Å². The molecule has 0 saturated carbocycles. The van der Waals surface area contributed by atoms with Gasteiger partial charge in [0.1, 0.15) is 0 Å². The highest BCUT2D eigenvalue weighted by Gasteiger charge is 2.32. The Bertz CT molecular complexity index is 596. The lowest BCUT2D eigenvalue weighted by Crippen LogP contribution is -2.39. The third-order valence-corrected chi connectivity index (χ3v) is 5.46. The summed E-state index contributed by atoms with van der Waals surface area (Å²) in [4.78, 5) is 0. The van der Waals surface area contributed by atoms with E-state index in [2.05, 4.69) is 5.32 Å². The molecule has 0 spiro atoms. The van der Waals surface area contributed by atoms with Gasteiger partial charge >= 0.3 is 6.18 Å². The van der Waals surface area contributed by atoms with Crippen LogP contribution < -0.4 is 5.32 Å². The van der Waals surface area contributed by atoms with Crippen LogP contribution in [0.15, 0.2) is 24.3 Å². The van der Waals surface area contributed by atoms with E-state index in [4.69, 9.17) is 0 Å². The van der Waals surface area contributed by atoms with E-state index in [0.717, 1.165) is 18.7 Å². The molecule has 1 aromatic carbocycles. The van der Waals surface area contributed by atoms with Gasteiger partial charge in [-0.15, -0.1) is 0 Å². The number of halogens is 3. The average Bonchev–Trinajstić information content (AvgIpc) is 2.90. The number of rotatable bonds is 4. The largest absolute Gasteiger partial charge is 0.416 e. The van der Waals surface area contributed by atoms with Crippen molar-refractivity contribution in [1.29, 1.82) is 0 Å². The van der Waals surface area contributed by atoms with Gasteiger partial charge in [0.15, 0.2) is 0 Å². The Hall–Kier alpha value is -1.12. The molecule has 1 aliphatic rings.